The van der Waals surface area contributed by atoms with Crippen LogP contribution in [0.2, 0.25) is 0 Å². The summed E-state index contributed by atoms with van der Waals surface area (Å²) < 4.78 is 0. The first-order valence-corrected chi connectivity index (χ1v) is 6.95. The minimum atomic E-state index is -0.674. The Balaban J connectivity index is 1.93. The molecule has 0 saturated heterocycles. The molecule has 5 heteroatoms. The second-order valence-corrected chi connectivity index (χ2v) is 5.97. The van der Waals surface area contributed by atoms with Crippen molar-refractivity contribution in [2.75, 3.05) is 0 Å². The van der Waals surface area contributed by atoms with Crippen molar-refractivity contribution in [2.45, 2.75) is 32.1 Å². The molecule has 3 rings (SSSR count). The van der Waals surface area contributed by atoms with Gasteiger partial charge in [-0.25, -0.2) is 9.97 Å². The molecule has 1 aliphatic rings. The van der Waals surface area contributed by atoms with Crippen LogP contribution in [0.3, 0.4) is 0 Å². The summed E-state index contributed by atoms with van der Waals surface area (Å²) in [5.41, 5.74) is 0.282. The lowest BCUT2D eigenvalue weighted by Crippen LogP contribution is -2.30. The van der Waals surface area contributed by atoms with Crippen LogP contribution in [0, 0.1) is 5.41 Å². The van der Waals surface area contributed by atoms with Gasteiger partial charge in [0.15, 0.2) is 0 Å². The Kier molecular flexibility index (Phi) is 2.78. The Morgan fingerprint density at radius 2 is 2.22 bits per heavy atom. The topological polar surface area (TPSA) is 63.1 Å². The van der Waals surface area contributed by atoms with Crippen LogP contribution < -0.4 is 0 Å². The molecular weight excluding hydrogens is 248 g/mol. The number of aromatic nitrogens is 2. The first-order valence-electron chi connectivity index (χ1n) is 6.13. The Labute approximate surface area is 109 Å². The van der Waals surface area contributed by atoms with Gasteiger partial charge < -0.3 is 5.11 Å². The summed E-state index contributed by atoms with van der Waals surface area (Å²) in [5, 5.41) is 10.4. The predicted molar refractivity (Wildman–Crippen MR) is 69.7 cm³/mol. The summed E-state index contributed by atoms with van der Waals surface area (Å²) in [6, 6.07) is 3.78. The van der Waals surface area contributed by atoms with E-state index in [0.29, 0.717) is 6.42 Å². The number of carbonyl (C=O) groups is 1. The van der Waals surface area contributed by atoms with Crippen molar-refractivity contribution >= 4 is 27.7 Å². The molecule has 0 atom stereocenters. The van der Waals surface area contributed by atoms with Gasteiger partial charge in [0.2, 0.25) is 0 Å². The molecule has 18 heavy (non-hydrogen) atoms. The Morgan fingerprint density at radius 3 is 2.89 bits per heavy atom. The molecule has 2 heterocycles. The van der Waals surface area contributed by atoms with Gasteiger partial charge in [0.05, 0.1) is 10.4 Å². The number of fused-ring (bicyclic) bond motifs is 1. The van der Waals surface area contributed by atoms with Gasteiger partial charge in [0.25, 0.3) is 0 Å². The molecule has 1 aliphatic carbocycles. The van der Waals surface area contributed by atoms with Crippen molar-refractivity contribution in [1.29, 1.82) is 0 Å². The number of pyridine rings is 1. The van der Waals surface area contributed by atoms with Crippen LogP contribution in [0.5, 0.6) is 0 Å². The largest absolute Gasteiger partial charge is 0.481 e. The summed E-state index contributed by atoms with van der Waals surface area (Å²) >= 11 is 1.51. The van der Waals surface area contributed by atoms with Crippen molar-refractivity contribution in [1.82, 2.24) is 9.97 Å². The zero-order valence-corrected chi connectivity index (χ0v) is 10.7. The summed E-state index contributed by atoms with van der Waals surface area (Å²) in [6.07, 6.45) is 5.85. The van der Waals surface area contributed by atoms with E-state index in [1.165, 1.54) is 11.3 Å². The van der Waals surface area contributed by atoms with E-state index >= 15 is 0 Å². The molecule has 94 valence electrons. The third-order valence-electron chi connectivity index (χ3n) is 3.71. The second kappa shape index (κ2) is 4.31. The smallest absolute Gasteiger partial charge is 0.310 e. The van der Waals surface area contributed by atoms with E-state index < -0.39 is 11.4 Å². The highest BCUT2D eigenvalue weighted by atomic mass is 32.1. The number of aliphatic carboxylic acids is 1. The average molecular weight is 262 g/mol. The van der Waals surface area contributed by atoms with Crippen LogP contribution in [0.1, 0.15) is 30.7 Å². The fourth-order valence-electron chi connectivity index (χ4n) is 2.70. The molecule has 0 bridgehead atoms. The van der Waals surface area contributed by atoms with Crippen molar-refractivity contribution in [2.24, 2.45) is 5.41 Å². The molecule has 2 aromatic heterocycles. The minimum absolute atomic E-state index is 0.545. The van der Waals surface area contributed by atoms with E-state index in [0.717, 1.165) is 41.0 Å². The highest BCUT2D eigenvalue weighted by Gasteiger charge is 2.42. The lowest BCUT2D eigenvalue weighted by atomic mass is 9.83. The molecule has 1 N–H and O–H groups in total. The van der Waals surface area contributed by atoms with Gasteiger partial charge in [-0.05, 0) is 25.0 Å². The van der Waals surface area contributed by atoms with Crippen LogP contribution in [0.25, 0.3) is 10.3 Å². The van der Waals surface area contributed by atoms with Crippen LogP contribution in [-0.4, -0.2) is 21.0 Å². The summed E-state index contributed by atoms with van der Waals surface area (Å²) in [6.45, 7) is 0. The SMILES string of the molecule is O=C(O)C1(Cc2nc3cccnc3s2)CCCC1. The molecule has 0 aromatic carbocycles. The Hall–Kier alpha value is -1.49. The van der Waals surface area contributed by atoms with Crippen LogP contribution >= 0.6 is 11.3 Å². The number of thiazole rings is 1. The fraction of sp³-hybridized carbons (Fsp3) is 0.462. The summed E-state index contributed by atoms with van der Waals surface area (Å²) in [7, 11) is 0. The van der Waals surface area contributed by atoms with Crippen LogP contribution in [-0.2, 0) is 11.2 Å². The number of rotatable bonds is 3. The van der Waals surface area contributed by atoms with Crippen molar-refractivity contribution in [3.63, 3.8) is 0 Å². The first kappa shape index (κ1) is 11.6. The number of hydrogen-bond acceptors (Lipinski definition) is 4. The number of carboxylic acids is 1. The lowest BCUT2D eigenvalue weighted by molar-refractivity contribution is -0.148. The second-order valence-electron chi connectivity index (χ2n) is 4.90. The van der Waals surface area contributed by atoms with Crippen molar-refractivity contribution < 1.29 is 9.90 Å². The highest BCUT2D eigenvalue weighted by Crippen LogP contribution is 2.42. The quantitative estimate of drug-likeness (QED) is 0.923. The molecule has 2 aromatic rings. The zero-order valence-electron chi connectivity index (χ0n) is 9.93. The van der Waals surface area contributed by atoms with Crippen LogP contribution in [0.15, 0.2) is 18.3 Å². The van der Waals surface area contributed by atoms with E-state index in [9.17, 15) is 9.90 Å². The van der Waals surface area contributed by atoms with E-state index in [-0.39, 0.29) is 0 Å². The van der Waals surface area contributed by atoms with Crippen molar-refractivity contribution in [3.05, 3.63) is 23.3 Å². The molecule has 0 amide bonds. The van der Waals surface area contributed by atoms with Gasteiger partial charge in [-0.2, -0.15) is 0 Å². The first-order chi connectivity index (χ1) is 8.70. The molecule has 0 radical (unpaired) electrons. The number of nitrogens with zero attached hydrogens (tertiary/aromatic N) is 2. The van der Waals surface area contributed by atoms with Gasteiger partial charge >= 0.3 is 5.97 Å². The third-order valence-corrected chi connectivity index (χ3v) is 4.69. The average Bonchev–Trinajstić information content (AvgIpc) is 2.95. The Bertz CT molecular complexity index is 554. The zero-order chi connectivity index (χ0) is 12.6. The lowest BCUT2D eigenvalue weighted by Gasteiger charge is -2.21. The maximum absolute atomic E-state index is 11.5. The predicted octanol–water partition coefficient (Wildman–Crippen LogP) is 2.88. The van der Waals surface area contributed by atoms with Gasteiger partial charge in [0, 0.05) is 12.6 Å². The maximum atomic E-state index is 11.5. The molecule has 4 nitrogen and oxygen atoms in total. The van der Waals surface area contributed by atoms with Gasteiger partial charge in [-0.3, -0.25) is 4.79 Å². The number of carboxylic acid groups (broad SMARTS) is 1. The molecule has 1 saturated carbocycles. The minimum Gasteiger partial charge on any atom is -0.481 e. The molecule has 0 unspecified atom stereocenters. The Morgan fingerprint density at radius 1 is 1.44 bits per heavy atom. The monoisotopic (exact) mass is 262 g/mol. The summed E-state index contributed by atoms with van der Waals surface area (Å²) in [4.78, 5) is 21.1. The standard InChI is InChI=1S/C13H14N2O2S/c16-12(17)13(5-1-2-6-13)8-10-15-9-4-3-7-14-11(9)18-10/h3-4,7H,1-2,5-6,8H2,(H,16,17). The normalized spacial score (nSPS) is 18.2. The third kappa shape index (κ3) is 1.88. The van der Waals surface area contributed by atoms with E-state index in [1.807, 2.05) is 12.1 Å². The van der Waals surface area contributed by atoms with Gasteiger partial charge in [0.1, 0.15) is 10.3 Å². The van der Waals surface area contributed by atoms with Gasteiger partial charge in [-0.1, -0.05) is 24.2 Å². The van der Waals surface area contributed by atoms with E-state index in [4.69, 9.17) is 0 Å². The van der Waals surface area contributed by atoms with Crippen LogP contribution in [0.4, 0.5) is 0 Å². The molecule has 0 spiro atoms. The van der Waals surface area contributed by atoms with Gasteiger partial charge in [-0.15, -0.1) is 0 Å². The molecule has 0 aliphatic heterocycles. The van der Waals surface area contributed by atoms with Crippen molar-refractivity contribution in [3.8, 4) is 0 Å². The number of hydrogen-bond donors (Lipinski definition) is 1. The van der Waals surface area contributed by atoms with E-state index in [2.05, 4.69) is 9.97 Å². The maximum Gasteiger partial charge on any atom is 0.310 e. The van der Waals surface area contributed by atoms with E-state index in [1.54, 1.807) is 6.20 Å². The fourth-order valence-corrected chi connectivity index (χ4v) is 3.75. The summed E-state index contributed by atoms with van der Waals surface area (Å²) in [5.74, 6) is -0.674. The highest BCUT2D eigenvalue weighted by molar-refractivity contribution is 7.18. The molecule has 1 fully saturated rings. The molecular formula is C13H14N2O2S.